The van der Waals surface area contributed by atoms with Crippen molar-refractivity contribution in [3.05, 3.63) is 0 Å². The van der Waals surface area contributed by atoms with Crippen molar-refractivity contribution in [2.24, 2.45) is 5.92 Å². The Labute approximate surface area is 87.1 Å². The maximum Gasteiger partial charge on any atom is 0.149 e. The molecule has 1 atom stereocenters. The largest absolute Gasteiger partial charge is 0.305 e. The molecule has 1 aliphatic rings. The highest BCUT2D eigenvalue weighted by molar-refractivity contribution is 5.82. The molecule has 3 nitrogen and oxygen atoms in total. The quantitative estimate of drug-likeness (QED) is 0.669. The van der Waals surface area contributed by atoms with E-state index in [2.05, 4.69) is 23.9 Å². The lowest BCUT2D eigenvalue weighted by atomic mass is 10.1. The van der Waals surface area contributed by atoms with Crippen LogP contribution < -0.4 is 0 Å². The summed E-state index contributed by atoms with van der Waals surface area (Å²) in [6.45, 7) is 6.71. The molecule has 0 aliphatic carbocycles. The lowest BCUT2D eigenvalue weighted by Gasteiger charge is -2.20. The predicted octanol–water partition coefficient (Wildman–Crippen LogP) is 0.847. The molecule has 0 amide bonds. The summed E-state index contributed by atoms with van der Waals surface area (Å²) in [4.78, 5) is 16.0. The molecular formula is C11H22N2O. The van der Waals surface area contributed by atoms with Crippen molar-refractivity contribution >= 4 is 5.78 Å². The van der Waals surface area contributed by atoms with E-state index in [1.807, 2.05) is 13.8 Å². The third-order valence-electron chi connectivity index (χ3n) is 3.00. The van der Waals surface area contributed by atoms with Gasteiger partial charge < -0.3 is 4.90 Å². The first-order valence-electron chi connectivity index (χ1n) is 5.42. The highest BCUT2D eigenvalue weighted by atomic mass is 16.1. The van der Waals surface area contributed by atoms with Crippen LogP contribution in [0, 0.1) is 5.92 Å². The van der Waals surface area contributed by atoms with Crippen LogP contribution in [0.4, 0.5) is 0 Å². The fourth-order valence-electron chi connectivity index (χ4n) is 1.78. The molecule has 0 aromatic carbocycles. The van der Waals surface area contributed by atoms with Crippen LogP contribution in [0.2, 0.25) is 0 Å². The van der Waals surface area contributed by atoms with Crippen molar-refractivity contribution in [3.63, 3.8) is 0 Å². The SMILES string of the molecule is CC(C)C(=O)CN1CCC(N(C)C)C1. The van der Waals surface area contributed by atoms with Gasteiger partial charge in [0.15, 0.2) is 0 Å². The van der Waals surface area contributed by atoms with E-state index in [4.69, 9.17) is 0 Å². The molecule has 82 valence electrons. The van der Waals surface area contributed by atoms with Gasteiger partial charge in [0.25, 0.3) is 0 Å². The lowest BCUT2D eigenvalue weighted by molar-refractivity contribution is -0.122. The zero-order chi connectivity index (χ0) is 10.7. The minimum absolute atomic E-state index is 0.174. The third kappa shape index (κ3) is 3.07. The fraction of sp³-hybridized carbons (Fsp3) is 0.909. The van der Waals surface area contributed by atoms with Crippen molar-refractivity contribution in [2.75, 3.05) is 33.7 Å². The van der Waals surface area contributed by atoms with Gasteiger partial charge in [-0.25, -0.2) is 0 Å². The highest BCUT2D eigenvalue weighted by Crippen LogP contribution is 2.13. The van der Waals surface area contributed by atoms with Crippen LogP contribution in [-0.2, 0) is 4.79 Å². The molecule has 1 heterocycles. The van der Waals surface area contributed by atoms with Crippen LogP contribution in [0.1, 0.15) is 20.3 Å². The summed E-state index contributed by atoms with van der Waals surface area (Å²) in [5, 5.41) is 0. The van der Waals surface area contributed by atoms with Crippen molar-refractivity contribution in [1.29, 1.82) is 0 Å². The van der Waals surface area contributed by atoms with Crippen LogP contribution in [0.25, 0.3) is 0 Å². The maximum atomic E-state index is 11.5. The molecule has 0 radical (unpaired) electrons. The second-order valence-corrected chi connectivity index (χ2v) is 4.76. The van der Waals surface area contributed by atoms with Gasteiger partial charge in [0, 0.05) is 25.0 Å². The summed E-state index contributed by atoms with van der Waals surface area (Å²) in [6.07, 6.45) is 1.19. The van der Waals surface area contributed by atoms with Gasteiger partial charge >= 0.3 is 0 Å². The average molecular weight is 198 g/mol. The first-order chi connectivity index (χ1) is 6.50. The van der Waals surface area contributed by atoms with E-state index in [1.54, 1.807) is 0 Å². The van der Waals surface area contributed by atoms with Gasteiger partial charge in [-0.3, -0.25) is 9.69 Å². The maximum absolute atomic E-state index is 11.5. The lowest BCUT2D eigenvalue weighted by Crippen LogP contribution is -2.34. The smallest absolute Gasteiger partial charge is 0.149 e. The molecule has 1 fully saturated rings. The Bertz CT molecular complexity index is 201. The minimum atomic E-state index is 0.174. The molecule has 3 heteroatoms. The third-order valence-corrected chi connectivity index (χ3v) is 3.00. The molecule has 0 aromatic rings. The summed E-state index contributed by atoms with van der Waals surface area (Å²) in [7, 11) is 4.22. The van der Waals surface area contributed by atoms with E-state index in [9.17, 15) is 4.79 Å². The minimum Gasteiger partial charge on any atom is -0.305 e. The Hall–Kier alpha value is -0.410. The Morgan fingerprint density at radius 2 is 2.14 bits per heavy atom. The van der Waals surface area contributed by atoms with Crippen molar-refractivity contribution < 1.29 is 4.79 Å². The van der Waals surface area contributed by atoms with E-state index < -0.39 is 0 Å². The Kier molecular flexibility index (Phi) is 4.08. The number of ketones is 1. The Balaban J connectivity index is 2.32. The summed E-state index contributed by atoms with van der Waals surface area (Å²) < 4.78 is 0. The number of Topliss-reactive ketones (excluding diaryl/α,β-unsaturated/α-hetero) is 1. The number of carbonyl (C=O) groups excluding carboxylic acids is 1. The summed E-state index contributed by atoms with van der Waals surface area (Å²) in [5.41, 5.74) is 0. The van der Waals surface area contributed by atoms with Gasteiger partial charge in [0.05, 0.1) is 6.54 Å². The van der Waals surface area contributed by atoms with Crippen LogP contribution in [0.5, 0.6) is 0 Å². The highest BCUT2D eigenvalue weighted by Gasteiger charge is 2.25. The zero-order valence-electron chi connectivity index (χ0n) is 9.79. The topological polar surface area (TPSA) is 23.6 Å². The standard InChI is InChI=1S/C11H22N2O/c1-9(2)11(14)8-13-6-5-10(7-13)12(3)4/h9-10H,5-8H2,1-4H3. The number of likely N-dealkylation sites (tertiary alicyclic amines) is 1. The van der Waals surface area contributed by atoms with Crippen LogP contribution in [-0.4, -0.2) is 55.4 Å². The number of rotatable bonds is 4. The second kappa shape index (κ2) is 4.89. The first-order valence-corrected chi connectivity index (χ1v) is 5.42. The summed E-state index contributed by atoms with van der Waals surface area (Å²) >= 11 is 0. The van der Waals surface area contributed by atoms with Gasteiger partial charge in [-0.05, 0) is 20.5 Å². The molecule has 0 spiro atoms. The normalized spacial score (nSPS) is 23.7. The summed E-state index contributed by atoms with van der Waals surface area (Å²) in [5.74, 6) is 0.540. The number of hydrogen-bond donors (Lipinski definition) is 0. The fourth-order valence-corrected chi connectivity index (χ4v) is 1.78. The monoisotopic (exact) mass is 198 g/mol. The molecule has 0 N–H and O–H groups in total. The molecule has 1 aliphatic heterocycles. The molecule has 1 unspecified atom stereocenters. The average Bonchev–Trinajstić information content (AvgIpc) is 2.52. The van der Waals surface area contributed by atoms with E-state index in [-0.39, 0.29) is 5.92 Å². The zero-order valence-corrected chi connectivity index (χ0v) is 9.79. The van der Waals surface area contributed by atoms with E-state index in [0.29, 0.717) is 18.4 Å². The van der Waals surface area contributed by atoms with Crippen LogP contribution in [0.3, 0.4) is 0 Å². The van der Waals surface area contributed by atoms with Crippen LogP contribution >= 0.6 is 0 Å². The van der Waals surface area contributed by atoms with Crippen molar-refractivity contribution in [3.8, 4) is 0 Å². The summed E-state index contributed by atoms with van der Waals surface area (Å²) in [6, 6.07) is 0.634. The van der Waals surface area contributed by atoms with Crippen LogP contribution in [0.15, 0.2) is 0 Å². The van der Waals surface area contributed by atoms with Gasteiger partial charge in [-0.1, -0.05) is 13.8 Å². The van der Waals surface area contributed by atoms with E-state index in [1.165, 1.54) is 6.42 Å². The van der Waals surface area contributed by atoms with Crippen molar-refractivity contribution in [2.45, 2.75) is 26.3 Å². The number of nitrogens with zero attached hydrogens (tertiary/aromatic N) is 2. The first kappa shape index (κ1) is 11.7. The van der Waals surface area contributed by atoms with Gasteiger partial charge in [0.2, 0.25) is 0 Å². The molecule has 14 heavy (non-hydrogen) atoms. The molecule has 0 aromatic heterocycles. The van der Waals surface area contributed by atoms with E-state index in [0.717, 1.165) is 13.1 Å². The number of likely N-dealkylation sites (N-methyl/N-ethyl adjacent to an activating group) is 1. The number of hydrogen-bond acceptors (Lipinski definition) is 3. The van der Waals surface area contributed by atoms with Crippen molar-refractivity contribution in [1.82, 2.24) is 9.80 Å². The van der Waals surface area contributed by atoms with Gasteiger partial charge in [0.1, 0.15) is 5.78 Å². The molecule has 1 saturated heterocycles. The van der Waals surface area contributed by atoms with Gasteiger partial charge in [-0.2, -0.15) is 0 Å². The Morgan fingerprint density at radius 1 is 1.50 bits per heavy atom. The molecule has 0 saturated carbocycles. The molecule has 1 rings (SSSR count). The van der Waals surface area contributed by atoms with Gasteiger partial charge in [-0.15, -0.1) is 0 Å². The molecular weight excluding hydrogens is 176 g/mol. The molecule has 0 bridgehead atoms. The second-order valence-electron chi connectivity index (χ2n) is 4.76. The predicted molar refractivity (Wildman–Crippen MR) is 58.4 cm³/mol. The Morgan fingerprint density at radius 3 is 2.57 bits per heavy atom. The van der Waals surface area contributed by atoms with E-state index >= 15 is 0 Å². The number of carbonyl (C=O) groups is 1.